The standard InChI is InChI=1S/C14H18FNO/c1-9-3-5-12(7-9)16-14(17)11-4-6-13(15)10(2)8-11/h4,6,8-9,12H,3,5,7H2,1-2H3,(H,16,17). The Morgan fingerprint density at radius 1 is 1.41 bits per heavy atom. The van der Waals surface area contributed by atoms with Gasteiger partial charge in [-0.1, -0.05) is 6.92 Å². The van der Waals surface area contributed by atoms with Crippen molar-refractivity contribution in [3.63, 3.8) is 0 Å². The van der Waals surface area contributed by atoms with Crippen LogP contribution in [0, 0.1) is 18.7 Å². The zero-order valence-electron chi connectivity index (χ0n) is 10.3. The molecule has 1 aliphatic rings. The molecule has 1 amide bonds. The van der Waals surface area contributed by atoms with E-state index in [2.05, 4.69) is 12.2 Å². The fourth-order valence-corrected chi connectivity index (χ4v) is 2.39. The van der Waals surface area contributed by atoms with E-state index in [0.29, 0.717) is 17.0 Å². The van der Waals surface area contributed by atoms with Crippen LogP contribution in [-0.4, -0.2) is 11.9 Å². The summed E-state index contributed by atoms with van der Waals surface area (Å²) in [6.07, 6.45) is 3.27. The van der Waals surface area contributed by atoms with Gasteiger partial charge in [0.25, 0.3) is 5.91 Å². The molecule has 0 aromatic heterocycles. The molecule has 0 spiro atoms. The van der Waals surface area contributed by atoms with Crippen LogP contribution in [0.2, 0.25) is 0 Å². The van der Waals surface area contributed by atoms with E-state index in [9.17, 15) is 9.18 Å². The minimum Gasteiger partial charge on any atom is -0.349 e. The lowest BCUT2D eigenvalue weighted by Crippen LogP contribution is -2.32. The van der Waals surface area contributed by atoms with Crippen LogP contribution in [0.25, 0.3) is 0 Å². The molecule has 0 bridgehead atoms. The van der Waals surface area contributed by atoms with Crippen LogP contribution in [-0.2, 0) is 0 Å². The molecule has 92 valence electrons. The topological polar surface area (TPSA) is 29.1 Å². The summed E-state index contributed by atoms with van der Waals surface area (Å²) in [6, 6.07) is 4.77. The summed E-state index contributed by atoms with van der Waals surface area (Å²) < 4.78 is 13.1. The highest BCUT2D eigenvalue weighted by molar-refractivity contribution is 5.94. The molecular formula is C14H18FNO. The molecule has 1 aromatic carbocycles. The summed E-state index contributed by atoms with van der Waals surface area (Å²) in [5, 5.41) is 3.01. The number of nitrogens with one attached hydrogen (secondary N) is 1. The number of benzene rings is 1. The van der Waals surface area contributed by atoms with Crippen LogP contribution in [0.3, 0.4) is 0 Å². The molecule has 0 heterocycles. The third-order valence-electron chi connectivity index (χ3n) is 3.45. The van der Waals surface area contributed by atoms with E-state index in [1.165, 1.54) is 18.6 Å². The van der Waals surface area contributed by atoms with E-state index < -0.39 is 0 Å². The van der Waals surface area contributed by atoms with E-state index in [-0.39, 0.29) is 17.8 Å². The minimum atomic E-state index is -0.268. The van der Waals surface area contributed by atoms with E-state index in [0.717, 1.165) is 12.8 Å². The van der Waals surface area contributed by atoms with Crippen molar-refractivity contribution >= 4 is 5.91 Å². The van der Waals surface area contributed by atoms with E-state index in [4.69, 9.17) is 0 Å². The Labute approximate surface area is 101 Å². The number of hydrogen-bond acceptors (Lipinski definition) is 1. The number of hydrogen-bond donors (Lipinski definition) is 1. The second-order valence-electron chi connectivity index (χ2n) is 5.05. The second-order valence-corrected chi connectivity index (χ2v) is 5.05. The van der Waals surface area contributed by atoms with Gasteiger partial charge in [0.1, 0.15) is 5.82 Å². The molecule has 0 aliphatic heterocycles. The Kier molecular flexibility index (Phi) is 3.46. The maximum absolute atomic E-state index is 13.1. The highest BCUT2D eigenvalue weighted by atomic mass is 19.1. The lowest BCUT2D eigenvalue weighted by molar-refractivity contribution is 0.0937. The first kappa shape index (κ1) is 12.1. The van der Waals surface area contributed by atoms with E-state index in [1.54, 1.807) is 13.0 Å². The Hall–Kier alpha value is -1.38. The zero-order chi connectivity index (χ0) is 12.4. The van der Waals surface area contributed by atoms with Crippen LogP contribution in [0.4, 0.5) is 4.39 Å². The van der Waals surface area contributed by atoms with Crippen LogP contribution < -0.4 is 5.32 Å². The smallest absolute Gasteiger partial charge is 0.251 e. The van der Waals surface area contributed by atoms with Gasteiger partial charge in [-0.15, -0.1) is 0 Å². The van der Waals surface area contributed by atoms with Crippen molar-refractivity contribution in [3.8, 4) is 0 Å². The minimum absolute atomic E-state index is 0.0906. The van der Waals surface area contributed by atoms with Crippen molar-refractivity contribution in [3.05, 3.63) is 35.1 Å². The quantitative estimate of drug-likeness (QED) is 0.838. The third-order valence-corrected chi connectivity index (χ3v) is 3.45. The van der Waals surface area contributed by atoms with Gasteiger partial charge in [-0.25, -0.2) is 4.39 Å². The number of carbonyl (C=O) groups is 1. The normalized spacial score (nSPS) is 23.7. The van der Waals surface area contributed by atoms with Gasteiger partial charge in [0.2, 0.25) is 0 Å². The molecule has 0 radical (unpaired) electrons. The van der Waals surface area contributed by atoms with E-state index in [1.807, 2.05) is 0 Å². The van der Waals surface area contributed by atoms with Gasteiger partial charge >= 0.3 is 0 Å². The first-order chi connectivity index (χ1) is 8.06. The van der Waals surface area contributed by atoms with Gasteiger partial charge in [0, 0.05) is 11.6 Å². The maximum atomic E-state index is 13.1. The molecule has 2 rings (SSSR count). The average molecular weight is 235 g/mol. The summed E-state index contributed by atoms with van der Waals surface area (Å²) in [5.74, 6) is 0.332. The van der Waals surface area contributed by atoms with Gasteiger partial charge in [-0.2, -0.15) is 0 Å². The van der Waals surface area contributed by atoms with Crippen molar-refractivity contribution in [2.24, 2.45) is 5.92 Å². The Morgan fingerprint density at radius 3 is 2.76 bits per heavy atom. The summed E-state index contributed by atoms with van der Waals surface area (Å²) in [7, 11) is 0. The molecule has 3 heteroatoms. The highest BCUT2D eigenvalue weighted by Crippen LogP contribution is 2.24. The number of amides is 1. The van der Waals surface area contributed by atoms with Crippen LogP contribution in [0.5, 0.6) is 0 Å². The fraction of sp³-hybridized carbons (Fsp3) is 0.500. The van der Waals surface area contributed by atoms with Gasteiger partial charge in [-0.3, -0.25) is 4.79 Å². The van der Waals surface area contributed by atoms with Gasteiger partial charge in [0.05, 0.1) is 0 Å². The molecule has 1 aromatic rings. The average Bonchev–Trinajstić information content (AvgIpc) is 2.68. The molecular weight excluding hydrogens is 217 g/mol. The summed E-state index contributed by atoms with van der Waals surface area (Å²) >= 11 is 0. The predicted molar refractivity (Wildman–Crippen MR) is 65.4 cm³/mol. The summed E-state index contributed by atoms with van der Waals surface area (Å²) in [4.78, 5) is 11.9. The van der Waals surface area contributed by atoms with Crippen molar-refractivity contribution in [2.45, 2.75) is 39.2 Å². The number of aryl methyl sites for hydroxylation is 1. The molecule has 1 saturated carbocycles. The molecule has 2 unspecified atom stereocenters. The molecule has 1 aliphatic carbocycles. The molecule has 0 saturated heterocycles. The van der Waals surface area contributed by atoms with Crippen LogP contribution in [0.1, 0.15) is 42.1 Å². The lowest BCUT2D eigenvalue weighted by Gasteiger charge is -2.12. The Balaban J connectivity index is 2.02. The molecule has 2 nitrogen and oxygen atoms in total. The van der Waals surface area contributed by atoms with Crippen LogP contribution in [0.15, 0.2) is 18.2 Å². The molecule has 17 heavy (non-hydrogen) atoms. The lowest BCUT2D eigenvalue weighted by atomic mass is 10.1. The summed E-state index contributed by atoms with van der Waals surface area (Å²) in [6.45, 7) is 3.87. The van der Waals surface area contributed by atoms with Crippen molar-refractivity contribution in [1.29, 1.82) is 0 Å². The van der Waals surface area contributed by atoms with Crippen molar-refractivity contribution < 1.29 is 9.18 Å². The highest BCUT2D eigenvalue weighted by Gasteiger charge is 2.23. The zero-order valence-corrected chi connectivity index (χ0v) is 10.3. The van der Waals surface area contributed by atoms with Crippen molar-refractivity contribution in [2.75, 3.05) is 0 Å². The SMILES string of the molecule is Cc1cc(C(=O)NC2CCC(C)C2)ccc1F. The Bertz CT molecular complexity index is 430. The van der Waals surface area contributed by atoms with E-state index >= 15 is 0 Å². The van der Waals surface area contributed by atoms with Gasteiger partial charge < -0.3 is 5.32 Å². The first-order valence-corrected chi connectivity index (χ1v) is 6.13. The Morgan fingerprint density at radius 2 is 2.18 bits per heavy atom. The van der Waals surface area contributed by atoms with Crippen molar-refractivity contribution in [1.82, 2.24) is 5.32 Å². The largest absolute Gasteiger partial charge is 0.349 e. The molecule has 2 atom stereocenters. The third kappa shape index (κ3) is 2.84. The fourth-order valence-electron chi connectivity index (χ4n) is 2.39. The monoisotopic (exact) mass is 235 g/mol. The summed E-state index contributed by atoms with van der Waals surface area (Å²) in [5.41, 5.74) is 1.06. The van der Waals surface area contributed by atoms with Gasteiger partial charge in [-0.05, 0) is 55.9 Å². The maximum Gasteiger partial charge on any atom is 0.251 e. The second kappa shape index (κ2) is 4.86. The predicted octanol–water partition coefficient (Wildman–Crippen LogP) is 3.05. The van der Waals surface area contributed by atoms with Gasteiger partial charge in [0.15, 0.2) is 0 Å². The number of rotatable bonds is 2. The van der Waals surface area contributed by atoms with Crippen LogP contribution >= 0.6 is 0 Å². The number of halogens is 1. The first-order valence-electron chi connectivity index (χ1n) is 6.13. The molecule has 1 fully saturated rings. The molecule has 1 N–H and O–H groups in total. The number of carbonyl (C=O) groups excluding carboxylic acids is 1.